The molecule has 1 heterocycles. The van der Waals surface area contributed by atoms with Crippen molar-refractivity contribution >= 4 is 33.2 Å². The second kappa shape index (κ2) is 6.72. The zero-order chi connectivity index (χ0) is 15.4. The summed E-state index contributed by atoms with van der Waals surface area (Å²) < 4.78 is 1.12. The van der Waals surface area contributed by atoms with Crippen molar-refractivity contribution in [2.45, 2.75) is 20.8 Å². The summed E-state index contributed by atoms with van der Waals surface area (Å²) in [6.07, 6.45) is 0. The van der Waals surface area contributed by atoms with Gasteiger partial charge in [0.2, 0.25) is 5.91 Å². The Balaban J connectivity index is 1.94. The standard InChI is InChI=1S/C16H20N2O2S/c1-10(2)15(19)17-8-9-18-16(20)14-11(3)12-6-4-5-7-13(12)21-14/h4-7,10H,8-9H2,1-3H3,(H,17,19)(H,18,20). The van der Waals surface area contributed by atoms with E-state index in [1.54, 1.807) is 0 Å². The Labute approximate surface area is 128 Å². The molecule has 0 spiro atoms. The average molecular weight is 304 g/mol. The molecule has 1 aromatic heterocycles. The van der Waals surface area contributed by atoms with Gasteiger partial charge in [-0.05, 0) is 23.9 Å². The number of hydrogen-bond donors (Lipinski definition) is 2. The molecule has 0 saturated heterocycles. The number of amides is 2. The van der Waals surface area contributed by atoms with Crippen molar-refractivity contribution in [3.8, 4) is 0 Å². The van der Waals surface area contributed by atoms with Crippen LogP contribution < -0.4 is 10.6 Å². The van der Waals surface area contributed by atoms with Gasteiger partial charge in [0.1, 0.15) is 0 Å². The van der Waals surface area contributed by atoms with Gasteiger partial charge in [0.15, 0.2) is 0 Å². The minimum absolute atomic E-state index is 0.00212. The molecule has 21 heavy (non-hydrogen) atoms. The Morgan fingerprint density at radius 2 is 1.81 bits per heavy atom. The third-order valence-corrected chi connectivity index (χ3v) is 4.56. The number of hydrogen-bond acceptors (Lipinski definition) is 3. The van der Waals surface area contributed by atoms with Crippen LogP contribution >= 0.6 is 11.3 Å². The van der Waals surface area contributed by atoms with Crippen molar-refractivity contribution in [2.24, 2.45) is 5.92 Å². The zero-order valence-electron chi connectivity index (χ0n) is 12.5. The maximum Gasteiger partial charge on any atom is 0.261 e. The lowest BCUT2D eigenvalue weighted by atomic mass is 10.1. The second-order valence-electron chi connectivity index (χ2n) is 5.25. The van der Waals surface area contributed by atoms with Gasteiger partial charge in [-0.3, -0.25) is 9.59 Å². The van der Waals surface area contributed by atoms with Crippen LogP contribution in [0.1, 0.15) is 29.1 Å². The topological polar surface area (TPSA) is 58.2 Å². The number of aryl methyl sites for hydroxylation is 1. The van der Waals surface area contributed by atoms with Crippen LogP contribution in [0.2, 0.25) is 0 Å². The number of thiophene rings is 1. The molecule has 112 valence electrons. The number of rotatable bonds is 5. The summed E-state index contributed by atoms with van der Waals surface area (Å²) in [5, 5.41) is 6.76. The fourth-order valence-corrected chi connectivity index (χ4v) is 3.16. The lowest BCUT2D eigenvalue weighted by Gasteiger charge is -2.08. The van der Waals surface area contributed by atoms with Gasteiger partial charge in [-0.1, -0.05) is 32.0 Å². The second-order valence-corrected chi connectivity index (χ2v) is 6.31. The Kier molecular flexibility index (Phi) is 4.96. The van der Waals surface area contributed by atoms with Crippen molar-refractivity contribution in [1.29, 1.82) is 0 Å². The number of benzene rings is 1. The predicted molar refractivity (Wildman–Crippen MR) is 86.7 cm³/mol. The maximum absolute atomic E-state index is 12.2. The molecule has 4 nitrogen and oxygen atoms in total. The van der Waals surface area contributed by atoms with Gasteiger partial charge in [0.25, 0.3) is 5.91 Å². The Bertz CT molecular complexity index is 661. The summed E-state index contributed by atoms with van der Waals surface area (Å²) >= 11 is 1.50. The van der Waals surface area contributed by atoms with Crippen molar-refractivity contribution in [3.63, 3.8) is 0 Å². The van der Waals surface area contributed by atoms with Crippen LogP contribution in [0.15, 0.2) is 24.3 Å². The summed E-state index contributed by atoms with van der Waals surface area (Å²) in [4.78, 5) is 24.3. The molecule has 0 bridgehead atoms. The third kappa shape index (κ3) is 3.61. The molecule has 0 aliphatic carbocycles. The van der Waals surface area contributed by atoms with E-state index in [0.29, 0.717) is 13.1 Å². The first-order chi connectivity index (χ1) is 10.0. The fraction of sp³-hybridized carbons (Fsp3) is 0.375. The molecule has 0 fully saturated rings. The van der Waals surface area contributed by atoms with E-state index < -0.39 is 0 Å². The van der Waals surface area contributed by atoms with E-state index in [0.717, 1.165) is 20.5 Å². The zero-order valence-corrected chi connectivity index (χ0v) is 13.3. The lowest BCUT2D eigenvalue weighted by molar-refractivity contribution is -0.123. The van der Waals surface area contributed by atoms with Crippen LogP contribution in [0.5, 0.6) is 0 Å². The highest BCUT2D eigenvalue weighted by Gasteiger charge is 2.14. The first-order valence-electron chi connectivity index (χ1n) is 7.04. The van der Waals surface area contributed by atoms with Gasteiger partial charge in [0.05, 0.1) is 4.88 Å². The number of carbonyl (C=O) groups excluding carboxylic acids is 2. The highest BCUT2D eigenvalue weighted by Crippen LogP contribution is 2.30. The number of carbonyl (C=O) groups is 2. The van der Waals surface area contributed by atoms with E-state index in [4.69, 9.17) is 0 Å². The van der Waals surface area contributed by atoms with E-state index in [2.05, 4.69) is 10.6 Å². The van der Waals surface area contributed by atoms with Crippen LogP contribution in [-0.2, 0) is 4.79 Å². The van der Waals surface area contributed by atoms with Crippen LogP contribution in [-0.4, -0.2) is 24.9 Å². The summed E-state index contributed by atoms with van der Waals surface area (Å²) in [6, 6.07) is 8.00. The summed E-state index contributed by atoms with van der Waals surface area (Å²) in [5.41, 5.74) is 1.01. The number of nitrogens with one attached hydrogen (secondary N) is 2. The molecule has 0 radical (unpaired) electrons. The van der Waals surface area contributed by atoms with Crippen molar-refractivity contribution < 1.29 is 9.59 Å². The molecule has 0 atom stereocenters. The normalized spacial score (nSPS) is 10.9. The predicted octanol–water partition coefficient (Wildman–Crippen LogP) is 2.71. The monoisotopic (exact) mass is 304 g/mol. The molecule has 1 aromatic carbocycles. The smallest absolute Gasteiger partial charge is 0.261 e. The van der Waals surface area contributed by atoms with Crippen LogP contribution in [0, 0.1) is 12.8 Å². The van der Waals surface area contributed by atoms with Crippen LogP contribution in [0.3, 0.4) is 0 Å². The van der Waals surface area contributed by atoms with Gasteiger partial charge in [0, 0.05) is 23.7 Å². The molecular weight excluding hydrogens is 284 g/mol. The SMILES string of the molecule is Cc1c(C(=O)NCCNC(=O)C(C)C)sc2ccccc12. The van der Waals surface area contributed by atoms with E-state index in [9.17, 15) is 9.59 Å². The van der Waals surface area contributed by atoms with Gasteiger partial charge < -0.3 is 10.6 Å². The summed E-state index contributed by atoms with van der Waals surface area (Å²) in [7, 11) is 0. The Morgan fingerprint density at radius 3 is 2.48 bits per heavy atom. The molecular formula is C16H20N2O2S. The van der Waals surface area contributed by atoms with E-state index in [1.807, 2.05) is 45.0 Å². The minimum atomic E-state index is -0.0764. The molecule has 0 aliphatic heterocycles. The van der Waals surface area contributed by atoms with Gasteiger partial charge >= 0.3 is 0 Å². The number of fused-ring (bicyclic) bond motifs is 1. The van der Waals surface area contributed by atoms with E-state index in [-0.39, 0.29) is 17.7 Å². The molecule has 0 saturated carbocycles. The molecule has 2 rings (SSSR count). The molecule has 2 amide bonds. The molecule has 2 N–H and O–H groups in total. The first kappa shape index (κ1) is 15.5. The molecule has 0 unspecified atom stereocenters. The van der Waals surface area contributed by atoms with E-state index in [1.165, 1.54) is 11.3 Å². The van der Waals surface area contributed by atoms with Crippen molar-refractivity contribution in [2.75, 3.05) is 13.1 Å². The Hall–Kier alpha value is -1.88. The first-order valence-corrected chi connectivity index (χ1v) is 7.86. The van der Waals surface area contributed by atoms with Gasteiger partial charge in [-0.15, -0.1) is 11.3 Å². The quantitative estimate of drug-likeness (QED) is 0.834. The Morgan fingerprint density at radius 1 is 1.14 bits per heavy atom. The average Bonchev–Trinajstić information content (AvgIpc) is 2.81. The third-order valence-electron chi connectivity index (χ3n) is 3.28. The van der Waals surface area contributed by atoms with Crippen LogP contribution in [0.4, 0.5) is 0 Å². The molecule has 0 aliphatic rings. The van der Waals surface area contributed by atoms with Gasteiger partial charge in [-0.2, -0.15) is 0 Å². The minimum Gasteiger partial charge on any atom is -0.354 e. The fourth-order valence-electron chi connectivity index (χ4n) is 2.04. The molecule has 5 heteroatoms. The maximum atomic E-state index is 12.2. The van der Waals surface area contributed by atoms with Crippen molar-refractivity contribution in [1.82, 2.24) is 10.6 Å². The highest BCUT2D eigenvalue weighted by molar-refractivity contribution is 7.21. The largest absolute Gasteiger partial charge is 0.354 e. The lowest BCUT2D eigenvalue weighted by Crippen LogP contribution is -2.36. The van der Waals surface area contributed by atoms with Crippen molar-refractivity contribution in [3.05, 3.63) is 34.7 Å². The summed E-state index contributed by atoms with van der Waals surface area (Å²) in [6.45, 7) is 6.54. The summed E-state index contributed by atoms with van der Waals surface area (Å²) in [5.74, 6) is -0.111. The van der Waals surface area contributed by atoms with Crippen LogP contribution in [0.25, 0.3) is 10.1 Å². The highest BCUT2D eigenvalue weighted by atomic mass is 32.1. The molecule has 2 aromatic rings. The van der Waals surface area contributed by atoms with Gasteiger partial charge in [-0.25, -0.2) is 0 Å². The van der Waals surface area contributed by atoms with E-state index >= 15 is 0 Å².